The Morgan fingerprint density at radius 1 is 1.14 bits per heavy atom. The second-order valence-corrected chi connectivity index (χ2v) is 7.94. The Morgan fingerprint density at radius 3 is 2.64 bits per heavy atom. The first-order chi connectivity index (χ1) is 10.6. The molecule has 0 aliphatic carbocycles. The minimum absolute atomic E-state index is 0.0831. The van der Waals surface area contributed by atoms with E-state index in [9.17, 15) is 4.79 Å². The van der Waals surface area contributed by atoms with Crippen LogP contribution in [0, 0.1) is 5.92 Å². The van der Waals surface area contributed by atoms with Gasteiger partial charge in [-0.05, 0) is 63.8 Å². The summed E-state index contributed by atoms with van der Waals surface area (Å²) in [5.74, 6) is 0.746. The van der Waals surface area contributed by atoms with Gasteiger partial charge in [0.25, 0.3) is 0 Å². The van der Waals surface area contributed by atoms with Gasteiger partial charge >= 0.3 is 6.09 Å². The van der Waals surface area contributed by atoms with E-state index in [4.69, 9.17) is 4.74 Å². The molecule has 0 saturated carbocycles. The molecule has 3 rings (SSSR count). The van der Waals surface area contributed by atoms with Crippen molar-refractivity contribution in [1.29, 1.82) is 0 Å². The Balaban J connectivity index is 1.52. The second-order valence-electron chi connectivity index (χ2n) is 7.94. The topological polar surface area (TPSA) is 32.8 Å². The number of ether oxygens (including phenoxy) is 1. The maximum Gasteiger partial charge on any atom is 0.409 e. The Hall–Kier alpha value is -0.770. The number of piperidine rings is 1. The lowest BCUT2D eigenvalue weighted by Gasteiger charge is -2.36. The molecule has 2 atom stereocenters. The second kappa shape index (κ2) is 6.77. The molecule has 1 amide bonds. The number of carbonyl (C=O) groups is 1. The summed E-state index contributed by atoms with van der Waals surface area (Å²) in [6, 6.07) is 0.454. The molecular weight excluding hydrogens is 276 g/mol. The van der Waals surface area contributed by atoms with Crippen molar-refractivity contribution in [3.05, 3.63) is 0 Å². The van der Waals surface area contributed by atoms with Crippen molar-refractivity contribution in [3.63, 3.8) is 0 Å². The first-order valence-electron chi connectivity index (χ1n) is 9.29. The van der Waals surface area contributed by atoms with E-state index in [1.165, 1.54) is 45.1 Å². The molecule has 3 aliphatic rings. The molecule has 0 aromatic heterocycles. The monoisotopic (exact) mass is 308 g/mol. The summed E-state index contributed by atoms with van der Waals surface area (Å²) < 4.78 is 5.67. The van der Waals surface area contributed by atoms with Crippen molar-refractivity contribution in [3.8, 4) is 0 Å². The van der Waals surface area contributed by atoms with Crippen molar-refractivity contribution in [2.75, 3.05) is 26.2 Å². The van der Waals surface area contributed by atoms with Crippen LogP contribution < -0.4 is 0 Å². The highest BCUT2D eigenvalue weighted by atomic mass is 16.6. The lowest BCUT2D eigenvalue weighted by atomic mass is 9.85. The highest BCUT2D eigenvalue weighted by Crippen LogP contribution is 2.46. The van der Waals surface area contributed by atoms with Crippen LogP contribution in [-0.4, -0.2) is 53.7 Å². The number of carbonyl (C=O) groups excluding carboxylic acids is 1. The summed E-state index contributed by atoms with van der Waals surface area (Å²) in [6.45, 7) is 8.20. The molecular formula is C18H32N2O2. The van der Waals surface area contributed by atoms with Crippen LogP contribution in [0.15, 0.2) is 0 Å². The molecule has 0 aromatic carbocycles. The number of hydrogen-bond donors (Lipinski definition) is 0. The van der Waals surface area contributed by atoms with Crippen LogP contribution >= 0.6 is 0 Å². The number of nitrogens with zero attached hydrogens (tertiary/aromatic N) is 2. The van der Waals surface area contributed by atoms with Gasteiger partial charge in [0.15, 0.2) is 0 Å². The maximum atomic E-state index is 12.2. The van der Waals surface area contributed by atoms with Gasteiger partial charge in [0.2, 0.25) is 0 Å². The van der Waals surface area contributed by atoms with Crippen LogP contribution in [0.25, 0.3) is 0 Å². The molecule has 0 unspecified atom stereocenters. The zero-order valence-electron chi connectivity index (χ0n) is 14.4. The van der Waals surface area contributed by atoms with Gasteiger partial charge in [0.1, 0.15) is 6.61 Å². The Bertz CT molecular complexity index is 393. The van der Waals surface area contributed by atoms with Gasteiger partial charge in [0, 0.05) is 24.7 Å². The third-order valence-electron chi connectivity index (χ3n) is 5.84. The molecule has 3 heterocycles. The van der Waals surface area contributed by atoms with Crippen molar-refractivity contribution < 1.29 is 9.53 Å². The van der Waals surface area contributed by atoms with E-state index in [0.29, 0.717) is 18.2 Å². The first kappa shape index (κ1) is 16.1. The van der Waals surface area contributed by atoms with Crippen molar-refractivity contribution >= 4 is 6.09 Å². The fraction of sp³-hybridized carbons (Fsp3) is 0.944. The van der Waals surface area contributed by atoms with E-state index in [2.05, 4.69) is 18.7 Å². The molecule has 126 valence electrons. The van der Waals surface area contributed by atoms with Gasteiger partial charge in [-0.1, -0.05) is 13.8 Å². The zero-order valence-corrected chi connectivity index (χ0v) is 14.4. The van der Waals surface area contributed by atoms with Crippen molar-refractivity contribution in [1.82, 2.24) is 9.80 Å². The lowest BCUT2D eigenvalue weighted by Crippen LogP contribution is -2.45. The van der Waals surface area contributed by atoms with Gasteiger partial charge in [0.05, 0.1) is 0 Å². The number of amides is 1. The SMILES string of the molecule is CC(C)C[C@]12CCCN1[C@@H](COC(=O)N1CCCCC1)CC2. The van der Waals surface area contributed by atoms with Crippen LogP contribution in [0.4, 0.5) is 4.79 Å². The average Bonchev–Trinajstić information content (AvgIpc) is 3.04. The van der Waals surface area contributed by atoms with Crippen LogP contribution in [0.5, 0.6) is 0 Å². The summed E-state index contributed by atoms with van der Waals surface area (Å²) in [5, 5.41) is 0. The van der Waals surface area contributed by atoms with Crippen LogP contribution in [-0.2, 0) is 4.74 Å². The summed E-state index contributed by atoms with van der Waals surface area (Å²) in [7, 11) is 0. The number of hydrogen-bond acceptors (Lipinski definition) is 3. The predicted octanol–water partition coefficient (Wildman–Crippen LogP) is 3.65. The van der Waals surface area contributed by atoms with Crippen molar-refractivity contribution in [2.24, 2.45) is 5.92 Å². The summed E-state index contributed by atoms with van der Waals surface area (Å²) in [4.78, 5) is 16.8. The van der Waals surface area contributed by atoms with Crippen molar-refractivity contribution in [2.45, 2.75) is 76.8 Å². The average molecular weight is 308 g/mol. The molecule has 4 nitrogen and oxygen atoms in total. The molecule has 3 aliphatic heterocycles. The third-order valence-corrected chi connectivity index (χ3v) is 5.84. The van der Waals surface area contributed by atoms with Gasteiger partial charge in [-0.2, -0.15) is 0 Å². The Kier molecular flexibility index (Phi) is 4.96. The Labute approximate surface area is 135 Å². The van der Waals surface area contributed by atoms with E-state index in [1.807, 2.05) is 4.90 Å². The summed E-state index contributed by atoms with van der Waals surface area (Å²) in [6.07, 6.45) is 9.84. The maximum absolute atomic E-state index is 12.2. The highest BCUT2D eigenvalue weighted by Gasteiger charge is 2.49. The molecule has 0 radical (unpaired) electrons. The van der Waals surface area contributed by atoms with E-state index in [0.717, 1.165) is 31.8 Å². The van der Waals surface area contributed by atoms with E-state index in [1.54, 1.807) is 0 Å². The molecule has 3 fully saturated rings. The minimum Gasteiger partial charge on any atom is -0.448 e. The first-order valence-corrected chi connectivity index (χ1v) is 9.29. The fourth-order valence-corrected chi connectivity index (χ4v) is 4.98. The van der Waals surface area contributed by atoms with Gasteiger partial charge in [-0.25, -0.2) is 4.79 Å². The highest BCUT2D eigenvalue weighted by molar-refractivity contribution is 5.67. The number of fused-ring (bicyclic) bond motifs is 1. The van der Waals surface area contributed by atoms with Crippen LogP contribution in [0.1, 0.15) is 65.2 Å². The summed E-state index contributed by atoms with van der Waals surface area (Å²) in [5.41, 5.74) is 0.413. The number of likely N-dealkylation sites (tertiary alicyclic amines) is 1. The quantitative estimate of drug-likeness (QED) is 0.794. The molecule has 0 aromatic rings. The largest absolute Gasteiger partial charge is 0.448 e. The smallest absolute Gasteiger partial charge is 0.409 e. The molecule has 3 saturated heterocycles. The third kappa shape index (κ3) is 3.27. The molecule has 0 N–H and O–H groups in total. The van der Waals surface area contributed by atoms with Crippen LogP contribution in [0.3, 0.4) is 0 Å². The molecule has 0 bridgehead atoms. The predicted molar refractivity (Wildman–Crippen MR) is 87.9 cm³/mol. The molecule has 4 heteroatoms. The van der Waals surface area contributed by atoms with E-state index in [-0.39, 0.29) is 6.09 Å². The summed E-state index contributed by atoms with van der Waals surface area (Å²) >= 11 is 0. The standard InChI is InChI=1S/C18H32N2O2/c1-15(2)13-18-8-6-12-20(18)16(7-9-18)14-22-17(21)19-10-4-3-5-11-19/h15-16H,3-14H2,1-2H3/t16-,18-/m1/s1. The van der Waals surface area contributed by atoms with Crippen LogP contribution in [0.2, 0.25) is 0 Å². The minimum atomic E-state index is -0.0831. The van der Waals surface area contributed by atoms with E-state index < -0.39 is 0 Å². The van der Waals surface area contributed by atoms with Gasteiger partial charge in [-0.15, -0.1) is 0 Å². The lowest BCUT2D eigenvalue weighted by molar-refractivity contribution is 0.0527. The van der Waals surface area contributed by atoms with Gasteiger partial charge in [-0.3, -0.25) is 4.90 Å². The molecule has 0 spiro atoms. The molecule has 22 heavy (non-hydrogen) atoms. The Morgan fingerprint density at radius 2 is 1.91 bits per heavy atom. The normalized spacial score (nSPS) is 32.5. The van der Waals surface area contributed by atoms with Gasteiger partial charge < -0.3 is 9.64 Å². The number of rotatable bonds is 4. The van der Waals surface area contributed by atoms with E-state index >= 15 is 0 Å². The fourth-order valence-electron chi connectivity index (χ4n) is 4.98. The zero-order chi connectivity index (χ0) is 15.6.